The number of nitrogens with one attached hydrogen (secondary N) is 5. The van der Waals surface area contributed by atoms with Crippen LogP contribution in [0.15, 0.2) is 98.1 Å². The van der Waals surface area contributed by atoms with Crippen LogP contribution >= 0.6 is 0 Å². The van der Waals surface area contributed by atoms with Crippen molar-refractivity contribution in [1.29, 1.82) is 0 Å². The molecule has 0 heterocycles. The molecular formula is C42H52N6O9. The van der Waals surface area contributed by atoms with Crippen LogP contribution in [0.1, 0.15) is 31.4 Å². The van der Waals surface area contributed by atoms with Crippen LogP contribution in [0.3, 0.4) is 0 Å². The number of hydrogen-bond acceptors (Lipinski definition) is 9. The molecule has 3 rings (SSSR count). The standard InChI is InChI=1S/C42H52N6O9/c1-5-18-56-25-34(38(51)42(55)44-24-37(50)45-32(39(43)52)22-29-16-17-30-14-10-11-15-31(30)21-29)48-40(53)33(20-27(3)4)47-41(54)35(26-57-19-6-2)46-36(49)23-28-12-8-7-9-13-28/h5-17,21,27,32-35H,1-2,18-20,22-26H2,3-4H3,(H2,43,52)(H,44,55)(H,45,50)(H,46,49)(H,47,54)(H,48,53). The maximum Gasteiger partial charge on any atom is 0.290 e. The molecule has 0 aliphatic carbocycles. The van der Waals surface area contributed by atoms with E-state index in [1.807, 2.05) is 62.4 Å². The van der Waals surface area contributed by atoms with E-state index >= 15 is 0 Å². The Morgan fingerprint density at radius 2 is 1.25 bits per heavy atom. The fourth-order valence-electron chi connectivity index (χ4n) is 5.65. The van der Waals surface area contributed by atoms with Crippen LogP contribution in [0.4, 0.5) is 0 Å². The third-order valence-electron chi connectivity index (χ3n) is 8.44. The number of ether oxygens (including phenoxy) is 2. The molecule has 57 heavy (non-hydrogen) atoms. The molecule has 7 N–H and O–H groups in total. The predicted octanol–water partition coefficient (Wildman–Crippen LogP) is 1.19. The lowest BCUT2D eigenvalue weighted by Gasteiger charge is -2.26. The molecule has 0 aliphatic heterocycles. The van der Waals surface area contributed by atoms with Gasteiger partial charge in [-0.2, -0.15) is 0 Å². The Balaban J connectivity index is 1.66. The molecule has 0 saturated carbocycles. The molecule has 0 bridgehead atoms. The third-order valence-corrected chi connectivity index (χ3v) is 8.44. The summed E-state index contributed by atoms with van der Waals surface area (Å²) in [5.41, 5.74) is 7.03. The first kappa shape index (κ1) is 45.2. The number of carbonyl (C=O) groups is 7. The second-order valence-corrected chi connectivity index (χ2v) is 13.6. The van der Waals surface area contributed by atoms with Gasteiger partial charge in [0.25, 0.3) is 5.91 Å². The van der Waals surface area contributed by atoms with Gasteiger partial charge in [0, 0.05) is 6.42 Å². The molecule has 0 spiro atoms. The van der Waals surface area contributed by atoms with E-state index in [1.165, 1.54) is 12.2 Å². The Hall–Kier alpha value is -6.19. The van der Waals surface area contributed by atoms with Crippen LogP contribution in [-0.4, -0.2) is 98.4 Å². The van der Waals surface area contributed by atoms with Gasteiger partial charge in [-0.3, -0.25) is 33.6 Å². The first-order chi connectivity index (χ1) is 27.3. The smallest absolute Gasteiger partial charge is 0.290 e. The normalized spacial score (nSPS) is 13.0. The van der Waals surface area contributed by atoms with Crippen molar-refractivity contribution < 1.29 is 43.0 Å². The minimum Gasteiger partial charge on any atom is -0.375 e. The number of fused-ring (bicyclic) bond motifs is 1. The fraction of sp³-hybridized carbons (Fsp3) is 0.357. The molecule has 6 amide bonds. The minimum absolute atomic E-state index is 0.00272. The summed E-state index contributed by atoms with van der Waals surface area (Å²) in [4.78, 5) is 91.5. The van der Waals surface area contributed by atoms with E-state index in [4.69, 9.17) is 15.2 Å². The highest BCUT2D eigenvalue weighted by atomic mass is 16.5. The van der Waals surface area contributed by atoms with Gasteiger partial charge < -0.3 is 41.8 Å². The van der Waals surface area contributed by atoms with Crippen LogP contribution in [0.25, 0.3) is 10.8 Å². The van der Waals surface area contributed by atoms with Crippen molar-refractivity contribution in [2.45, 2.75) is 57.3 Å². The van der Waals surface area contributed by atoms with Crippen LogP contribution in [0, 0.1) is 5.92 Å². The summed E-state index contributed by atoms with van der Waals surface area (Å²) in [5, 5.41) is 14.4. The molecule has 0 saturated heterocycles. The zero-order valence-electron chi connectivity index (χ0n) is 32.3. The van der Waals surface area contributed by atoms with E-state index in [1.54, 1.807) is 24.3 Å². The van der Waals surface area contributed by atoms with Gasteiger partial charge in [0.1, 0.15) is 24.2 Å². The molecule has 3 aromatic carbocycles. The minimum atomic E-state index is -1.53. The summed E-state index contributed by atoms with van der Waals surface area (Å²) in [6.45, 7) is 9.52. The van der Waals surface area contributed by atoms with Gasteiger partial charge in [0.15, 0.2) is 0 Å². The van der Waals surface area contributed by atoms with Crippen molar-refractivity contribution >= 4 is 52.0 Å². The first-order valence-electron chi connectivity index (χ1n) is 18.5. The topological polar surface area (TPSA) is 224 Å². The van der Waals surface area contributed by atoms with Gasteiger partial charge in [-0.15, -0.1) is 13.2 Å². The van der Waals surface area contributed by atoms with E-state index in [0.717, 1.165) is 21.9 Å². The van der Waals surface area contributed by atoms with Crippen LogP contribution in [-0.2, 0) is 55.9 Å². The number of benzene rings is 3. The summed E-state index contributed by atoms with van der Waals surface area (Å²) >= 11 is 0. The van der Waals surface area contributed by atoms with Crippen molar-refractivity contribution in [3.05, 3.63) is 109 Å². The SMILES string of the molecule is C=CCOCC(NC(=O)Cc1ccccc1)C(=O)NC(CC(C)C)C(=O)NC(COCC=C)C(=O)C(=O)NCC(=O)NC(Cc1ccc2ccccc2c1)C(N)=O. The highest BCUT2D eigenvalue weighted by Gasteiger charge is 2.33. The lowest BCUT2D eigenvalue weighted by Crippen LogP contribution is -2.59. The maximum atomic E-state index is 13.7. The van der Waals surface area contributed by atoms with Gasteiger partial charge in [0.2, 0.25) is 35.3 Å². The average molecular weight is 785 g/mol. The number of nitrogens with two attached hydrogens (primary N) is 1. The molecular weight excluding hydrogens is 732 g/mol. The average Bonchev–Trinajstić information content (AvgIpc) is 3.18. The number of primary amides is 1. The Kier molecular flexibility index (Phi) is 18.8. The molecule has 0 aliphatic rings. The molecule has 15 nitrogen and oxygen atoms in total. The lowest BCUT2D eigenvalue weighted by atomic mass is 10.0. The Labute approximate surface area is 332 Å². The summed E-state index contributed by atoms with van der Waals surface area (Å²) in [6, 6.07) is 17.1. The third kappa shape index (κ3) is 15.8. The Bertz CT molecular complexity index is 1880. The van der Waals surface area contributed by atoms with Crippen LogP contribution in [0.5, 0.6) is 0 Å². The van der Waals surface area contributed by atoms with Crippen molar-refractivity contribution in [1.82, 2.24) is 26.6 Å². The molecule has 0 aromatic heterocycles. The van der Waals surface area contributed by atoms with Gasteiger partial charge >= 0.3 is 0 Å². The highest BCUT2D eigenvalue weighted by molar-refractivity contribution is 6.38. The summed E-state index contributed by atoms with van der Waals surface area (Å²) < 4.78 is 10.9. The quantitative estimate of drug-likeness (QED) is 0.0412. The number of rotatable bonds is 25. The summed E-state index contributed by atoms with van der Waals surface area (Å²) in [5.74, 6) is -6.03. The van der Waals surface area contributed by atoms with Crippen molar-refractivity contribution in [2.24, 2.45) is 11.7 Å². The number of carbonyl (C=O) groups excluding carboxylic acids is 7. The lowest BCUT2D eigenvalue weighted by molar-refractivity contribution is -0.142. The van der Waals surface area contributed by atoms with E-state index in [-0.39, 0.29) is 45.0 Å². The second-order valence-electron chi connectivity index (χ2n) is 13.6. The Morgan fingerprint density at radius 3 is 1.88 bits per heavy atom. The molecule has 4 atom stereocenters. The number of amides is 6. The van der Waals surface area contributed by atoms with Gasteiger partial charge in [0.05, 0.1) is 39.4 Å². The van der Waals surface area contributed by atoms with Crippen molar-refractivity contribution in [3.8, 4) is 0 Å². The van der Waals surface area contributed by atoms with E-state index in [0.29, 0.717) is 0 Å². The zero-order chi connectivity index (χ0) is 41.7. The summed E-state index contributed by atoms with van der Waals surface area (Å²) in [6.07, 6.45) is 3.09. The molecule has 4 unspecified atom stereocenters. The molecule has 15 heteroatoms. The van der Waals surface area contributed by atoms with Gasteiger partial charge in [-0.1, -0.05) is 98.8 Å². The van der Waals surface area contributed by atoms with E-state index < -0.39 is 78.5 Å². The largest absolute Gasteiger partial charge is 0.375 e. The predicted molar refractivity (Wildman–Crippen MR) is 214 cm³/mol. The fourth-order valence-corrected chi connectivity index (χ4v) is 5.65. The van der Waals surface area contributed by atoms with Gasteiger partial charge in [-0.05, 0) is 34.2 Å². The van der Waals surface area contributed by atoms with Crippen LogP contribution < -0.4 is 32.3 Å². The van der Waals surface area contributed by atoms with Crippen LogP contribution in [0.2, 0.25) is 0 Å². The molecule has 304 valence electrons. The van der Waals surface area contributed by atoms with E-state index in [9.17, 15) is 33.6 Å². The highest BCUT2D eigenvalue weighted by Crippen LogP contribution is 2.17. The summed E-state index contributed by atoms with van der Waals surface area (Å²) in [7, 11) is 0. The first-order valence-corrected chi connectivity index (χ1v) is 18.5. The maximum absolute atomic E-state index is 13.7. The van der Waals surface area contributed by atoms with Gasteiger partial charge in [-0.25, -0.2) is 0 Å². The zero-order valence-corrected chi connectivity index (χ0v) is 32.3. The Morgan fingerprint density at radius 1 is 0.667 bits per heavy atom. The molecule has 0 fully saturated rings. The number of hydrogen-bond donors (Lipinski definition) is 6. The monoisotopic (exact) mass is 784 g/mol. The van der Waals surface area contributed by atoms with Crippen molar-refractivity contribution in [3.63, 3.8) is 0 Å². The van der Waals surface area contributed by atoms with Crippen molar-refractivity contribution in [2.75, 3.05) is 33.0 Å². The van der Waals surface area contributed by atoms with E-state index in [2.05, 4.69) is 39.7 Å². The molecule has 3 aromatic rings. The molecule has 0 radical (unpaired) electrons. The number of Topliss-reactive ketones (excluding diaryl/α,β-unsaturated/α-hetero) is 1. The second kappa shape index (κ2) is 23.7. The number of ketones is 1.